The van der Waals surface area contributed by atoms with Crippen LogP contribution in [0.3, 0.4) is 0 Å². The maximum atomic E-state index is 9.21. The molecule has 0 saturated carbocycles. The van der Waals surface area contributed by atoms with Crippen LogP contribution in [0.1, 0.15) is 26.7 Å². The molecule has 0 unspecified atom stereocenters. The maximum Gasteiger partial charge on any atom is 0.0924 e. The molecule has 0 aromatic rings. The van der Waals surface area contributed by atoms with E-state index in [0.29, 0.717) is 5.92 Å². The first kappa shape index (κ1) is 8.27. The molecular formula is C10H16O2. The first-order chi connectivity index (χ1) is 5.65. The number of rotatable bonds is 1. The quantitative estimate of drug-likeness (QED) is 0.601. The van der Waals surface area contributed by atoms with Crippen LogP contribution >= 0.6 is 0 Å². The third-order valence-corrected chi connectivity index (χ3v) is 3.32. The van der Waals surface area contributed by atoms with E-state index in [0.717, 1.165) is 12.8 Å². The van der Waals surface area contributed by atoms with Crippen LogP contribution in [0.2, 0.25) is 0 Å². The number of aliphatic hydroxyl groups excluding tert-OH is 1. The van der Waals surface area contributed by atoms with Gasteiger partial charge in [0.1, 0.15) is 0 Å². The first-order valence-electron chi connectivity index (χ1n) is 4.61. The fourth-order valence-corrected chi connectivity index (χ4v) is 2.23. The SMILES string of the molecule is CC1=CC[C@H]2C[C@H]1O[C@]2(C)CO. The van der Waals surface area contributed by atoms with Crippen LogP contribution in [0.4, 0.5) is 0 Å². The Bertz CT molecular complexity index is 222. The molecule has 1 saturated heterocycles. The van der Waals surface area contributed by atoms with E-state index in [2.05, 4.69) is 13.0 Å². The number of fused-ring (bicyclic) bond motifs is 2. The molecular weight excluding hydrogens is 152 g/mol. The summed E-state index contributed by atoms with van der Waals surface area (Å²) in [6.45, 7) is 4.28. The van der Waals surface area contributed by atoms with Gasteiger partial charge in [-0.3, -0.25) is 0 Å². The van der Waals surface area contributed by atoms with Crippen LogP contribution in [0.25, 0.3) is 0 Å². The van der Waals surface area contributed by atoms with Crippen molar-refractivity contribution in [3.63, 3.8) is 0 Å². The van der Waals surface area contributed by atoms with Crippen LogP contribution in [-0.2, 0) is 4.74 Å². The van der Waals surface area contributed by atoms with Gasteiger partial charge in [0.15, 0.2) is 0 Å². The third kappa shape index (κ3) is 1.02. The molecule has 2 nitrogen and oxygen atoms in total. The largest absolute Gasteiger partial charge is 0.393 e. The van der Waals surface area contributed by atoms with Gasteiger partial charge in [0.05, 0.1) is 18.3 Å². The fraction of sp³-hybridized carbons (Fsp3) is 0.800. The highest BCUT2D eigenvalue weighted by Crippen LogP contribution is 2.43. The zero-order valence-electron chi connectivity index (χ0n) is 7.71. The summed E-state index contributed by atoms with van der Waals surface area (Å²) in [4.78, 5) is 0. The summed E-state index contributed by atoms with van der Waals surface area (Å²) in [6.07, 6.45) is 4.69. The summed E-state index contributed by atoms with van der Waals surface area (Å²) in [5, 5.41) is 9.21. The second kappa shape index (κ2) is 2.57. The molecule has 1 N–H and O–H groups in total. The van der Waals surface area contributed by atoms with Crippen molar-refractivity contribution >= 4 is 0 Å². The number of aliphatic hydroxyl groups is 1. The minimum Gasteiger partial charge on any atom is -0.393 e. The lowest BCUT2D eigenvalue weighted by molar-refractivity contribution is -0.0642. The molecule has 3 atom stereocenters. The fourth-order valence-electron chi connectivity index (χ4n) is 2.23. The highest BCUT2D eigenvalue weighted by Gasteiger charge is 2.46. The Kier molecular flexibility index (Phi) is 1.77. The molecule has 2 bridgehead atoms. The van der Waals surface area contributed by atoms with Gasteiger partial charge in [0.25, 0.3) is 0 Å². The first-order valence-corrected chi connectivity index (χ1v) is 4.61. The van der Waals surface area contributed by atoms with Gasteiger partial charge in [-0.25, -0.2) is 0 Å². The van der Waals surface area contributed by atoms with E-state index in [1.807, 2.05) is 6.92 Å². The lowest BCUT2D eigenvalue weighted by Crippen LogP contribution is -2.35. The van der Waals surface area contributed by atoms with Gasteiger partial charge in [-0.1, -0.05) is 6.08 Å². The monoisotopic (exact) mass is 168 g/mol. The Balaban J connectivity index is 2.21. The van der Waals surface area contributed by atoms with Gasteiger partial charge in [-0.2, -0.15) is 0 Å². The number of allylic oxidation sites excluding steroid dienone is 1. The van der Waals surface area contributed by atoms with Crippen molar-refractivity contribution in [3.05, 3.63) is 11.6 Å². The van der Waals surface area contributed by atoms with Crippen molar-refractivity contribution in [2.75, 3.05) is 6.61 Å². The molecule has 0 aromatic heterocycles. The van der Waals surface area contributed by atoms with Crippen LogP contribution in [0.15, 0.2) is 11.6 Å². The molecule has 2 rings (SSSR count). The molecule has 12 heavy (non-hydrogen) atoms. The zero-order chi connectivity index (χ0) is 8.77. The van der Waals surface area contributed by atoms with E-state index >= 15 is 0 Å². The van der Waals surface area contributed by atoms with Gasteiger partial charge < -0.3 is 9.84 Å². The Morgan fingerprint density at radius 2 is 2.50 bits per heavy atom. The Hall–Kier alpha value is -0.340. The van der Waals surface area contributed by atoms with Crippen LogP contribution in [0, 0.1) is 5.92 Å². The van der Waals surface area contributed by atoms with Gasteiger partial charge >= 0.3 is 0 Å². The normalized spacial score (nSPS) is 46.1. The number of ether oxygens (including phenoxy) is 1. The van der Waals surface area contributed by atoms with Crippen LogP contribution in [0.5, 0.6) is 0 Å². The van der Waals surface area contributed by atoms with E-state index < -0.39 is 0 Å². The molecule has 2 heteroatoms. The molecule has 1 aliphatic heterocycles. The summed E-state index contributed by atoms with van der Waals surface area (Å²) in [7, 11) is 0. The van der Waals surface area contributed by atoms with E-state index in [-0.39, 0.29) is 18.3 Å². The molecule has 2 aliphatic rings. The van der Waals surface area contributed by atoms with Crippen molar-refractivity contribution in [1.82, 2.24) is 0 Å². The van der Waals surface area contributed by atoms with E-state index in [9.17, 15) is 5.11 Å². The van der Waals surface area contributed by atoms with E-state index in [4.69, 9.17) is 4.74 Å². The van der Waals surface area contributed by atoms with Crippen molar-refractivity contribution in [2.45, 2.75) is 38.4 Å². The maximum absolute atomic E-state index is 9.21. The summed E-state index contributed by atoms with van der Waals surface area (Å²) in [5.41, 5.74) is 1.06. The minimum atomic E-state index is -0.279. The average molecular weight is 168 g/mol. The molecule has 0 amide bonds. The molecule has 1 fully saturated rings. The van der Waals surface area contributed by atoms with Crippen molar-refractivity contribution in [3.8, 4) is 0 Å². The smallest absolute Gasteiger partial charge is 0.0924 e. The van der Waals surface area contributed by atoms with E-state index in [1.165, 1.54) is 5.57 Å². The molecule has 1 heterocycles. The van der Waals surface area contributed by atoms with Crippen molar-refractivity contribution in [1.29, 1.82) is 0 Å². The molecule has 0 spiro atoms. The van der Waals surface area contributed by atoms with Gasteiger partial charge in [0, 0.05) is 0 Å². The molecule has 1 aliphatic carbocycles. The average Bonchev–Trinajstić information content (AvgIpc) is 2.35. The second-order valence-corrected chi connectivity index (χ2v) is 4.19. The van der Waals surface area contributed by atoms with Gasteiger partial charge in [-0.05, 0) is 38.2 Å². The van der Waals surface area contributed by atoms with Crippen molar-refractivity contribution in [2.24, 2.45) is 5.92 Å². The Morgan fingerprint density at radius 3 is 3.08 bits per heavy atom. The zero-order valence-corrected chi connectivity index (χ0v) is 7.71. The molecule has 0 radical (unpaired) electrons. The predicted molar refractivity (Wildman–Crippen MR) is 46.8 cm³/mol. The standard InChI is InChI=1S/C10H16O2/c1-7-3-4-8-5-9(7)12-10(8,2)6-11/h3,8-9,11H,4-6H2,1-2H3/t8-,9+,10+/m0/s1. The highest BCUT2D eigenvalue weighted by molar-refractivity contribution is 5.16. The van der Waals surface area contributed by atoms with Crippen LogP contribution < -0.4 is 0 Å². The van der Waals surface area contributed by atoms with Crippen molar-refractivity contribution < 1.29 is 9.84 Å². The summed E-state index contributed by atoms with van der Waals surface area (Å²) < 4.78 is 5.82. The Labute approximate surface area is 73.2 Å². The summed E-state index contributed by atoms with van der Waals surface area (Å²) >= 11 is 0. The van der Waals surface area contributed by atoms with Gasteiger partial charge in [-0.15, -0.1) is 0 Å². The topological polar surface area (TPSA) is 29.5 Å². The predicted octanol–water partition coefficient (Wildman–Crippen LogP) is 1.49. The molecule has 68 valence electrons. The van der Waals surface area contributed by atoms with E-state index in [1.54, 1.807) is 0 Å². The number of hydrogen-bond acceptors (Lipinski definition) is 2. The molecule has 0 aromatic carbocycles. The lowest BCUT2D eigenvalue weighted by atomic mass is 9.82. The minimum absolute atomic E-state index is 0.148. The summed E-state index contributed by atoms with van der Waals surface area (Å²) in [6, 6.07) is 0. The highest BCUT2D eigenvalue weighted by atomic mass is 16.5. The second-order valence-electron chi connectivity index (χ2n) is 4.19. The number of hydrogen-bond donors (Lipinski definition) is 1. The summed E-state index contributed by atoms with van der Waals surface area (Å²) in [5.74, 6) is 0.524. The van der Waals surface area contributed by atoms with Gasteiger partial charge in [0.2, 0.25) is 0 Å². The van der Waals surface area contributed by atoms with Crippen LogP contribution in [-0.4, -0.2) is 23.4 Å². The third-order valence-electron chi connectivity index (χ3n) is 3.32. The lowest BCUT2D eigenvalue weighted by Gasteiger charge is -2.26. The Morgan fingerprint density at radius 1 is 1.75 bits per heavy atom.